The number of hydrogen-bond acceptors (Lipinski definition) is 4. The van der Waals surface area contributed by atoms with E-state index in [4.69, 9.17) is 27.8 Å². The zero-order valence-corrected chi connectivity index (χ0v) is 16.7. The van der Waals surface area contributed by atoms with Crippen molar-refractivity contribution in [2.75, 3.05) is 6.61 Å². The van der Waals surface area contributed by atoms with Gasteiger partial charge in [0.1, 0.15) is 6.61 Å². The molecule has 0 spiro atoms. The Bertz CT molecular complexity index is 700. The molecule has 156 valence electrons. The van der Waals surface area contributed by atoms with Crippen LogP contribution in [0.3, 0.4) is 0 Å². The van der Waals surface area contributed by atoms with Crippen molar-refractivity contribution in [3.63, 3.8) is 0 Å². The molecule has 0 aliphatic heterocycles. The molecule has 0 radical (unpaired) electrons. The average molecular weight is 416 g/mol. The van der Waals surface area contributed by atoms with E-state index in [0.717, 1.165) is 6.42 Å². The van der Waals surface area contributed by atoms with Crippen molar-refractivity contribution in [2.24, 2.45) is 11.5 Å². The molecule has 0 saturated carbocycles. The lowest BCUT2D eigenvalue weighted by atomic mass is 10.0. The van der Waals surface area contributed by atoms with Crippen LogP contribution >= 0.6 is 11.6 Å². The summed E-state index contributed by atoms with van der Waals surface area (Å²) in [5, 5.41) is 2.98. The van der Waals surface area contributed by atoms with Gasteiger partial charge in [0.15, 0.2) is 11.6 Å². The van der Waals surface area contributed by atoms with Gasteiger partial charge in [-0.2, -0.15) is 0 Å². The molecule has 28 heavy (non-hydrogen) atoms. The lowest BCUT2D eigenvalue weighted by Gasteiger charge is -2.19. The molecule has 5 N–H and O–H groups in total. The van der Waals surface area contributed by atoms with E-state index in [1.54, 1.807) is 0 Å². The van der Waals surface area contributed by atoms with Crippen LogP contribution in [0.25, 0.3) is 0 Å². The van der Waals surface area contributed by atoms with Crippen molar-refractivity contribution in [1.29, 1.82) is 0 Å². The van der Waals surface area contributed by atoms with Gasteiger partial charge in [0.2, 0.25) is 17.7 Å². The third-order valence-electron chi connectivity index (χ3n) is 4.04. The second kappa shape index (κ2) is 12.2. The third-order valence-corrected chi connectivity index (χ3v) is 4.25. The number of carbonyl (C=O) groups excluding carboxylic acids is 3. The fourth-order valence-electron chi connectivity index (χ4n) is 2.69. The molecule has 0 aliphatic carbocycles. The van der Waals surface area contributed by atoms with E-state index in [1.807, 2.05) is 0 Å². The molecule has 1 aromatic rings. The molecule has 0 fully saturated rings. The van der Waals surface area contributed by atoms with Crippen LogP contribution in [0.1, 0.15) is 51.0 Å². The highest BCUT2D eigenvalue weighted by molar-refractivity contribution is 6.30. The van der Waals surface area contributed by atoms with Gasteiger partial charge in [0.05, 0.1) is 6.04 Å². The Morgan fingerprint density at radius 2 is 1.82 bits per heavy atom. The number of nitrogens with two attached hydrogens (primary N) is 2. The van der Waals surface area contributed by atoms with Gasteiger partial charge >= 0.3 is 0 Å². The Hall–Kier alpha value is -2.35. The van der Waals surface area contributed by atoms with E-state index in [-0.39, 0.29) is 37.0 Å². The standard InChI is InChI=1S/C19H27ClFN3O4/c1-12(25)24-15(7-8-18(23)27)11-28-16-10-14(20)9-13(19(16)21)5-3-2-4-6-17(22)26/h9-10,15H,2-8,11H2,1H3,(H2,22,26)(H2,23,27)(H,24,25)/t15-/m0/s1. The number of hydrogen-bond donors (Lipinski definition) is 3. The maximum absolute atomic E-state index is 14.7. The Labute approximate surface area is 168 Å². The van der Waals surface area contributed by atoms with Gasteiger partial charge in [-0.25, -0.2) is 4.39 Å². The Balaban J connectivity index is 2.70. The summed E-state index contributed by atoms with van der Waals surface area (Å²) in [6.07, 6.45) is 3.17. The van der Waals surface area contributed by atoms with Gasteiger partial charge < -0.3 is 21.5 Å². The Morgan fingerprint density at radius 3 is 2.43 bits per heavy atom. The molecule has 0 saturated heterocycles. The highest BCUT2D eigenvalue weighted by Crippen LogP contribution is 2.27. The summed E-state index contributed by atoms with van der Waals surface area (Å²) in [6.45, 7) is 1.32. The largest absolute Gasteiger partial charge is 0.488 e. The third kappa shape index (κ3) is 9.55. The molecule has 0 heterocycles. The van der Waals surface area contributed by atoms with Crippen LogP contribution in [0.5, 0.6) is 5.75 Å². The molecule has 1 rings (SSSR count). The quantitative estimate of drug-likeness (QED) is 0.427. The number of amides is 3. The van der Waals surface area contributed by atoms with Crippen molar-refractivity contribution < 1.29 is 23.5 Å². The SMILES string of the molecule is CC(=O)N[C@@H](CCC(N)=O)COc1cc(Cl)cc(CCCCCC(N)=O)c1F. The fraction of sp³-hybridized carbons (Fsp3) is 0.526. The number of primary amides is 2. The average Bonchev–Trinajstić information content (AvgIpc) is 2.59. The minimum Gasteiger partial charge on any atom is -0.488 e. The minimum absolute atomic E-state index is 0.0194. The summed E-state index contributed by atoms with van der Waals surface area (Å²) < 4.78 is 20.2. The van der Waals surface area contributed by atoms with E-state index >= 15 is 0 Å². The van der Waals surface area contributed by atoms with Crippen LogP contribution in [0.15, 0.2) is 12.1 Å². The number of halogens is 2. The summed E-state index contributed by atoms with van der Waals surface area (Å²) >= 11 is 6.07. The molecular weight excluding hydrogens is 389 g/mol. The van der Waals surface area contributed by atoms with Crippen LogP contribution in [0.2, 0.25) is 5.02 Å². The topological polar surface area (TPSA) is 125 Å². The van der Waals surface area contributed by atoms with Crippen LogP contribution in [-0.2, 0) is 20.8 Å². The maximum atomic E-state index is 14.7. The van der Waals surface area contributed by atoms with E-state index in [2.05, 4.69) is 5.32 Å². The van der Waals surface area contributed by atoms with Crippen LogP contribution in [-0.4, -0.2) is 30.4 Å². The molecule has 1 atom stereocenters. The Morgan fingerprint density at radius 1 is 1.14 bits per heavy atom. The summed E-state index contributed by atoms with van der Waals surface area (Å²) in [5.74, 6) is -1.68. The van der Waals surface area contributed by atoms with E-state index in [9.17, 15) is 18.8 Å². The van der Waals surface area contributed by atoms with Crippen LogP contribution < -0.4 is 21.5 Å². The van der Waals surface area contributed by atoms with Gasteiger partial charge in [0.25, 0.3) is 0 Å². The molecule has 7 nitrogen and oxygen atoms in total. The number of nitrogens with one attached hydrogen (secondary N) is 1. The highest BCUT2D eigenvalue weighted by Gasteiger charge is 2.16. The number of rotatable bonds is 13. The van der Waals surface area contributed by atoms with Gasteiger partial charge in [0, 0.05) is 30.9 Å². The predicted octanol–water partition coefficient (Wildman–Crippen LogP) is 2.22. The van der Waals surface area contributed by atoms with Gasteiger partial charge in [-0.05, 0) is 37.3 Å². The van der Waals surface area contributed by atoms with Crippen molar-refractivity contribution in [2.45, 2.75) is 57.9 Å². The van der Waals surface area contributed by atoms with E-state index in [1.165, 1.54) is 19.1 Å². The van der Waals surface area contributed by atoms with Gasteiger partial charge in [-0.1, -0.05) is 18.0 Å². The van der Waals surface area contributed by atoms with Crippen molar-refractivity contribution in [1.82, 2.24) is 5.32 Å². The number of unbranched alkanes of at least 4 members (excludes halogenated alkanes) is 2. The number of ether oxygens (including phenoxy) is 1. The number of benzene rings is 1. The van der Waals surface area contributed by atoms with Crippen LogP contribution in [0.4, 0.5) is 4.39 Å². The molecule has 0 aromatic heterocycles. The monoisotopic (exact) mass is 415 g/mol. The molecular formula is C19H27ClFN3O4. The smallest absolute Gasteiger partial charge is 0.217 e. The molecule has 1 aromatic carbocycles. The zero-order chi connectivity index (χ0) is 21.1. The summed E-state index contributed by atoms with van der Waals surface area (Å²) in [7, 11) is 0. The first-order valence-corrected chi connectivity index (χ1v) is 9.51. The van der Waals surface area contributed by atoms with Crippen molar-refractivity contribution in [3.05, 3.63) is 28.5 Å². The normalized spacial score (nSPS) is 11.7. The summed E-state index contributed by atoms with van der Waals surface area (Å²) in [5.41, 5.74) is 10.6. The summed E-state index contributed by atoms with van der Waals surface area (Å²) in [6, 6.07) is 2.42. The lowest BCUT2D eigenvalue weighted by molar-refractivity contribution is -0.121. The first-order chi connectivity index (χ1) is 13.2. The van der Waals surface area contributed by atoms with Gasteiger partial charge in [-0.3, -0.25) is 14.4 Å². The Kier molecular flexibility index (Phi) is 10.3. The highest BCUT2D eigenvalue weighted by atomic mass is 35.5. The first-order valence-electron chi connectivity index (χ1n) is 9.13. The zero-order valence-electron chi connectivity index (χ0n) is 15.9. The summed E-state index contributed by atoms with van der Waals surface area (Å²) in [4.78, 5) is 33.0. The molecule has 0 bridgehead atoms. The van der Waals surface area contributed by atoms with Crippen LogP contribution in [0, 0.1) is 5.82 Å². The number of carbonyl (C=O) groups is 3. The second-order valence-electron chi connectivity index (χ2n) is 6.62. The van der Waals surface area contributed by atoms with Crippen molar-refractivity contribution in [3.8, 4) is 5.75 Å². The predicted molar refractivity (Wildman–Crippen MR) is 104 cm³/mol. The lowest BCUT2D eigenvalue weighted by Crippen LogP contribution is -2.38. The van der Waals surface area contributed by atoms with E-state index in [0.29, 0.717) is 36.3 Å². The number of aryl methyl sites for hydroxylation is 1. The first kappa shape index (κ1) is 23.7. The maximum Gasteiger partial charge on any atom is 0.217 e. The molecule has 0 unspecified atom stereocenters. The second-order valence-corrected chi connectivity index (χ2v) is 7.05. The fourth-order valence-corrected chi connectivity index (χ4v) is 2.92. The van der Waals surface area contributed by atoms with E-state index < -0.39 is 17.8 Å². The van der Waals surface area contributed by atoms with Crippen molar-refractivity contribution >= 4 is 29.3 Å². The molecule has 0 aliphatic rings. The van der Waals surface area contributed by atoms with Gasteiger partial charge in [-0.15, -0.1) is 0 Å². The molecule has 9 heteroatoms. The minimum atomic E-state index is -0.518. The molecule has 3 amide bonds.